The Labute approximate surface area is 82.7 Å². The minimum absolute atomic E-state index is 0.134. The van der Waals surface area contributed by atoms with Gasteiger partial charge in [0.25, 0.3) is 0 Å². The van der Waals surface area contributed by atoms with Gasteiger partial charge in [0.1, 0.15) is 5.60 Å². The van der Waals surface area contributed by atoms with Crippen molar-refractivity contribution in [3.8, 4) is 0 Å². The Hall–Kier alpha value is -1.23. The summed E-state index contributed by atoms with van der Waals surface area (Å²) in [5, 5.41) is 17.2. The topological polar surface area (TPSA) is 68.0 Å². The van der Waals surface area contributed by atoms with E-state index in [1.165, 1.54) is 11.6 Å². The molecule has 1 aromatic heterocycles. The number of aromatic nitrogens is 3. The molecule has 0 radical (unpaired) electrons. The van der Waals surface area contributed by atoms with Crippen LogP contribution in [-0.4, -0.2) is 31.5 Å². The molecule has 78 valence electrons. The first-order valence-electron chi connectivity index (χ1n) is 4.56. The van der Waals surface area contributed by atoms with Crippen molar-refractivity contribution in [1.29, 1.82) is 0 Å². The zero-order valence-corrected chi connectivity index (χ0v) is 8.69. The maximum atomic E-state index is 11.5. The Morgan fingerprint density at radius 3 is 2.79 bits per heavy atom. The van der Waals surface area contributed by atoms with Crippen LogP contribution in [-0.2, 0) is 18.3 Å². The zero-order chi connectivity index (χ0) is 10.8. The Morgan fingerprint density at radius 2 is 2.36 bits per heavy atom. The van der Waals surface area contributed by atoms with Crippen LogP contribution in [0.4, 0.5) is 0 Å². The number of nitrogens with zero attached hydrogens (tertiary/aromatic N) is 3. The molecule has 0 bridgehead atoms. The third kappa shape index (κ3) is 2.38. The molecule has 1 rings (SSSR count). The molecule has 0 aliphatic heterocycles. The Bertz CT molecular complexity index is 331. The third-order valence-electron chi connectivity index (χ3n) is 2.28. The summed E-state index contributed by atoms with van der Waals surface area (Å²) in [6, 6.07) is 0. The lowest BCUT2D eigenvalue weighted by Crippen LogP contribution is -2.35. The summed E-state index contributed by atoms with van der Waals surface area (Å²) in [6.07, 6.45) is 2.21. The van der Waals surface area contributed by atoms with E-state index in [0.717, 1.165) is 0 Å². The zero-order valence-electron chi connectivity index (χ0n) is 8.69. The van der Waals surface area contributed by atoms with Gasteiger partial charge in [-0.15, -0.1) is 5.10 Å². The molecule has 0 aliphatic carbocycles. The number of hydrogen-bond donors (Lipinski definition) is 1. The molecule has 1 heterocycles. The van der Waals surface area contributed by atoms with Crippen molar-refractivity contribution >= 4 is 5.78 Å². The van der Waals surface area contributed by atoms with Gasteiger partial charge < -0.3 is 5.11 Å². The first kappa shape index (κ1) is 10.8. The van der Waals surface area contributed by atoms with Gasteiger partial charge in [0.2, 0.25) is 0 Å². The fraction of sp³-hybridized carbons (Fsp3) is 0.667. The fourth-order valence-electron chi connectivity index (χ4n) is 1.03. The first-order valence-corrected chi connectivity index (χ1v) is 4.56. The van der Waals surface area contributed by atoms with E-state index in [-0.39, 0.29) is 12.2 Å². The van der Waals surface area contributed by atoms with E-state index in [9.17, 15) is 9.90 Å². The van der Waals surface area contributed by atoms with Crippen molar-refractivity contribution in [2.75, 3.05) is 0 Å². The minimum atomic E-state index is -1.25. The molecular weight excluding hydrogens is 182 g/mol. The van der Waals surface area contributed by atoms with Crippen molar-refractivity contribution in [1.82, 2.24) is 15.0 Å². The monoisotopic (exact) mass is 197 g/mol. The molecule has 0 aromatic carbocycles. The number of Topliss-reactive ketones (excluding diaryl/α,β-unsaturated/α-hetero) is 1. The van der Waals surface area contributed by atoms with E-state index in [0.29, 0.717) is 12.1 Å². The van der Waals surface area contributed by atoms with Crippen LogP contribution in [0.1, 0.15) is 26.0 Å². The van der Waals surface area contributed by atoms with Crippen LogP contribution in [0.2, 0.25) is 0 Å². The van der Waals surface area contributed by atoms with Gasteiger partial charge in [-0.25, -0.2) is 0 Å². The predicted octanol–water partition coefficient (Wildman–Crippen LogP) is 0.0877. The largest absolute Gasteiger partial charge is 0.382 e. The van der Waals surface area contributed by atoms with Gasteiger partial charge in [0.15, 0.2) is 5.78 Å². The summed E-state index contributed by atoms with van der Waals surface area (Å²) in [5.74, 6) is -0.222. The quantitative estimate of drug-likeness (QED) is 0.742. The molecule has 1 unspecified atom stereocenters. The van der Waals surface area contributed by atoms with Crippen molar-refractivity contribution < 1.29 is 9.90 Å². The number of ketones is 1. The molecule has 0 aliphatic rings. The molecule has 0 saturated heterocycles. The van der Waals surface area contributed by atoms with Gasteiger partial charge in [-0.2, -0.15) is 0 Å². The molecule has 5 heteroatoms. The molecule has 0 spiro atoms. The van der Waals surface area contributed by atoms with Gasteiger partial charge in [0, 0.05) is 13.2 Å². The van der Waals surface area contributed by atoms with E-state index in [2.05, 4.69) is 10.3 Å². The normalized spacial score (nSPS) is 15.1. The molecule has 0 amide bonds. The second kappa shape index (κ2) is 3.88. The number of aryl methyl sites for hydroxylation is 1. The van der Waals surface area contributed by atoms with Crippen molar-refractivity contribution in [2.45, 2.75) is 32.3 Å². The van der Waals surface area contributed by atoms with Gasteiger partial charge in [-0.05, 0) is 13.3 Å². The summed E-state index contributed by atoms with van der Waals surface area (Å²) in [4.78, 5) is 11.5. The maximum absolute atomic E-state index is 11.5. The van der Waals surface area contributed by atoms with Crippen molar-refractivity contribution in [3.63, 3.8) is 0 Å². The Kier molecular flexibility index (Phi) is 3.00. The van der Waals surface area contributed by atoms with Gasteiger partial charge in [0.05, 0.1) is 12.1 Å². The summed E-state index contributed by atoms with van der Waals surface area (Å²) < 4.78 is 1.53. The molecule has 14 heavy (non-hydrogen) atoms. The van der Waals surface area contributed by atoms with Crippen LogP contribution in [0.15, 0.2) is 6.20 Å². The molecule has 1 atom stereocenters. The van der Waals surface area contributed by atoms with Gasteiger partial charge >= 0.3 is 0 Å². The molecule has 0 saturated carbocycles. The Balaban J connectivity index is 2.66. The second-order valence-electron chi connectivity index (χ2n) is 3.61. The van der Waals surface area contributed by atoms with Crippen LogP contribution in [0, 0.1) is 0 Å². The standard InChI is InChI=1S/C9H15N3O2/c1-4-9(2,14)8(13)5-7-6-12(3)11-10-7/h6,14H,4-5H2,1-3H3. The number of hydrogen-bond acceptors (Lipinski definition) is 4. The lowest BCUT2D eigenvalue weighted by Gasteiger charge is -2.18. The highest BCUT2D eigenvalue weighted by Crippen LogP contribution is 2.12. The highest BCUT2D eigenvalue weighted by atomic mass is 16.3. The average molecular weight is 197 g/mol. The van der Waals surface area contributed by atoms with Crippen LogP contribution in [0.25, 0.3) is 0 Å². The van der Waals surface area contributed by atoms with Gasteiger partial charge in [-0.3, -0.25) is 9.48 Å². The minimum Gasteiger partial charge on any atom is -0.382 e. The van der Waals surface area contributed by atoms with E-state index in [4.69, 9.17) is 0 Å². The maximum Gasteiger partial charge on any atom is 0.170 e. The SMILES string of the molecule is CCC(C)(O)C(=O)Cc1cn(C)nn1. The molecular formula is C9H15N3O2. The summed E-state index contributed by atoms with van der Waals surface area (Å²) in [6.45, 7) is 3.29. The van der Waals surface area contributed by atoms with Crippen molar-refractivity contribution in [3.05, 3.63) is 11.9 Å². The van der Waals surface area contributed by atoms with Crippen LogP contribution in [0.5, 0.6) is 0 Å². The Morgan fingerprint density at radius 1 is 1.71 bits per heavy atom. The average Bonchev–Trinajstić information content (AvgIpc) is 2.51. The molecule has 0 fully saturated rings. The van der Waals surface area contributed by atoms with Crippen LogP contribution < -0.4 is 0 Å². The second-order valence-corrected chi connectivity index (χ2v) is 3.61. The van der Waals surface area contributed by atoms with E-state index < -0.39 is 5.60 Å². The smallest absolute Gasteiger partial charge is 0.170 e. The van der Waals surface area contributed by atoms with E-state index in [1.54, 1.807) is 20.2 Å². The number of rotatable bonds is 4. The first-order chi connectivity index (χ1) is 6.45. The van der Waals surface area contributed by atoms with Crippen molar-refractivity contribution in [2.24, 2.45) is 7.05 Å². The molecule has 5 nitrogen and oxygen atoms in total. The van der Waals surface area contributed by atoms with E-state index >= 15 is 0 Å². The van der Waals surface area contributed by atoms with Crippen LogP contribution >= 0.6 is 0 Å². The fourth-order valence-corrected chi connectivity index (χ4v) is 1.03. The van der Waals surface area contributed by atoms with Crippen LogP contribution in [0.3, 0.4) is 0 Å². The number of carbonyl (C=O) groups excluding carboxylic acids is 1. The molecule has 1 aromatic rings. The summed E-state index contributed by atoms with van der Waals surface area (Å²) in [5.41, 5.74) is -0.663. The highest BCUT2D eigenvalue weighted by Gasteiger charge is 2.28. The number of aliphatic hydroxyl groups is 1. The number of carbonyl (C=O) groups is 1. The lowest BCUT2D eigenvalue weighted by molar-refractivity contribution is -0.135. The van der Waals surface area contributed by atoms with Gasteiger partial charge in [-0.1, -0.05) is 12.1 Å². The predicted molar refractivity (Wildman–Crippen MR) is 50.6 cm³/mol. The molecule has 1 N–H and O–H groups in total. The summed E-state index contributed by atoms with van der Waals surface area (Å²) in [7, 11) is 1.74. The highest BCUT2D eigenvalue weighted by molar-refractivity contribution is 5.88. The lowest BCUT2D eigenvalue weighted by atomic mass is 9.95. The summed E-state index contributed by atoms with van der Waals surface area (Å²) >= 11 is 0. The third-order valence-corrected chi connectivity index (χ3v) is 2.28. The van der Waals surface area contributed by atoms with E-state index in [1.807, 2.05) is 0 Å².